The summed E-state index contributed by atoms with van der Waals surface area (Å²) in [6, 6.07) is -0.715. The van der Waals surface area contributed by atoms with Crippen LogP contribution in [0.5, 0.6) is 0 Å². The molecule has 3 atom stereocenters. The van der Waals surface area contributed by atoms with Crippen molar-refractivity contribution in [3.05, 3.63) is 48.6 Å². The Morgan fingerprint density at radius 2 is 0.902 bits per heavy atom. The number of carbonyl (C=O) groups excluding carboxylic acids is 2. The summed E-state index contributed by atoms with van der Waals surface area (Å²) in [5.74, 6) is -0.523. The van der Waals surface area contributed by atoms with E-state index in [2.05, 4.69) is 62.5 Å². The van der Waals surface area contributed by atoms with Gasteiger partial charge in [-0.05, 0) is 70.6 Å². The maximum atomic E-state index is 13.2. The van der Waals surface area contributed by atoms with Gasteiger partial charge in [0.25, 0.3) is 0 Å². The lowest BCUT2D eigenvalue weighted by atomic mass is 10.0. The molecule has 61 heavy (non-hydrogen) atoms. The summed E-state index contributed by atoms with van der Waals surface area (Å²) in [6.07, 6.45) is 58.9. The zero-order valence-corrected chi connectivity index (χ0v) is 40.5. The lowest BCUT2D eigenvalue weighted by Gasteiger charge is -2.24. The van der Waals surface area contributed by atoms with Gasteiger partial charge in [0, 0.05) is 6.42 Å². The largest absolute Gasteiger partial charge is 0.462 e. The summed E-state index contributed by atoms with van der Waals surface area (Å²) in [4.78, 5) is 26.1. The van der Waals surface area contributed by atoms with E-state index in [9.17, 15) is 19.8 Å². The molecule has 0 rings (SSSR count). The van der Waals surface area contributed by atoms with E-state index < -0.39 is 18.2 Å². The first kappa shape index (κ1) is 58.8. The molecule has 0 aliphatic heterocycles. The van der Waals surface area contributed by atoms with Crippen LogP contribution in [0, 0.1) is 0 Å². The van der Waals surface area contributed by atoms with E-state index in [1.165, 1.54) is 135 Å². The van der Waals surface area contributed by atoms with Gasteiger partial charge in [-0.1, -0.05) is 230 Å². The number of unbranched alkanes of at least 4 members (excludes halogenated alkanes) is 29. The zero-order chi connectivity index (χ0) is 44.5. The van der Waals surface area contributed by atoms with Crippen molar-refractivity contribution in [3.63, 3.8) is 0 Å². The molecule has 1 amide bonds. The molecule has 0 heterocycles. The van der Waals surface area contributed by atoms with Crippen LogP contribution in [0.25, 0.3) is 0 Å². The van der Waals surface area contributed by atoms with Crippen molar-refractivity contribution in [1.82, 2.24) is 5.32 Å². The zero-order valence-electron chi connectivity index (χ0n) is 40.5. The van der Waals surface area contributed by atoms with Crippen LogP contribution >= 0.6 is 0 Å². The number of aliphatic hydroxyl groups excluding tert-OH is 2. The lowest BCUT2D eigenvalue weighted by Crippen LogP contribution is -2.46. The van der Waals surface area contributed by atoms with E-state index >= 15 is 0 Å². The van der Waals surface area contributed by atoms with E-state index in [4.69, 9.17) is 4.74 Å². The Labute approximate surface area is 378 Å². The Kier molecular flexibility index (Phi) is 47.1. The molecule has 0 radical (unpaired) electrons. The average molecular weight is 856 g/mol. The third-order valence-corrected chi connectivity index (χ3v) is 12.0. The van der Waals surface area contributed by atoms with E-state index in [-0.39, 0.29) is 24.9 Å². The fourth-order valence-electron chi connectivity index (χ4n) is 7.96. The molecular weight excluding hydrogens is 755 g/mol. The number of esters is 1. The monoisotopic (exact) mass is 856 g/mol. The predicted molar refractivity (Wildman–Crippen MR) is 264 cm³/mol. The summed E-state index contributed by atoms with van der Waals surface area (Å²) in [6.45, 7) is 6.34. The van der Waals surface area contributed by atoms with Crippen molar-refractivity contribution in [1.29, 1.82) is 0 Å². The van der Waals surface area contributed by atoms with Crippen LogP contribution in [0.1, 0.15) is 265 Å². The number of hydrogen-bond acceptors (Lipinski definition) is 5. The van der Waals surface area contributed by atoms with Gasteiger partial charge in [-0.15, -0.1) is 0 Å². The third-order valence-electron chi connectivity index (χ3n) is 12.0. The summed E-state index contributed by atoms with van der Waals surface area (Å²) in [5.41, 5.74) is 0. The Hall–Kier alpha value is -2.18. The third kappa shape index (κ3) is 44.2. The van der Waals surface area contributed by atoms with Gasteiger partial charge in [0.05, 0.1) is 25.2 Å². The molecule has 3 N–H and O–H groups in total. The highest BCUT2D eigenvalue weighted by atomic mass is 16.5. The Morgan fingerprint density at radius 3 is 1.39 bits per heavy atom. The number of ether oxygens (including phenoxy) is 1. The van der Waals surface area contributed by atoms with Gasteiger partial charge >= 0.3 is 5.97 Å². The normalized spacial score (nSPS) is 13.6. The van der Waals surface area contributed by atoms with Crippen LogP contribution in [0.15, 0.2) is 48.6 Å². The molecule has 3 unspecified atom stereocenters. The maximum Gasteiger partial charge on any atom is 0.306 e. The van der Waals surface area contributed by atoms with Gasteiger partial charge in [-0.3, -0.25) is 9.59 Å². The molecule has 6 heteroatoms. The quantitative estimate of drug-likeness (QED) is 0.0245. The van der Waals surface area contributed by atoms with E-state index in [1.807, 2.05) is 12.2 Å². The van der Waals surface area contributed by atoms with Gasteiger partial charge < -0.3 is 20.3 Å². The standard InChI is InChI=1S/C55H101NO5/c1-4-7-10-13-16-19-22-24-26-27-28-29-32-35-38-41-44-47-53(58)52(50-57)56-54(59)49-51(46-43-40-37-34-31-21-18-15-12-9-6-3)61-55(60)48-45-42-39-36-33-30-25-23-20-17-14-11-8-5-2/h9,12,15,18,21,30-31,33,51-53,57-58H,4-8,10-11,13-14,16-17,19-20,22-29,32,34-50H2,1-3H3,(H,56,59)/b12-9+,18-15+,31-21-,33-30-. The number of allylic oxidation sites excluding steroid dienone is 8. The Bertz CT molecular complexity index is 1050. The number of hydrogen-bond donors (Lipinski definition) is 3. The van der Waals surface area contributed by atoms with Crippen LogP contribution < -0.4 is 5.32 Å². The summed E-state index contributed by atoms with van der Waals surface area (Å²) >= 11 is 0. The molecule has 0 saturated heterocycles. The fourth-order valence-corrected chi connectivity index (χ4v) is 7.96. The fraction of sp³-hybridized carbons (Fsp3) is 0.818. The molecule has 0 aromatic heterocycles. The van der Waals surface area contributed by atoms with Crippen molar-refractivity contribution in [3.8, 4) is 0 Å². The topological polar surface area (TPSA) is 95.9 Å². The molecule has 0 aliphatic carbocycles. The van der Waals surface area contributed by atoms with E-state index in [0.29, 0.717) is 19.3 Å². The molecule has 0 aromatic carbocycles. The minimum Gasteiger partial charge on any atom is -0.462 e. The summed E-state index contributed by atoms with van der Waals surface area (Å²) in [7, 11) is 0. The Balaban J connectivity index is 4.51. The summed E-state index contributed by atoms with van der Waals surface area (Å²) in [5, 5.41) is 23.8. The van der Waals surface area contributed by atoms with E-state index in [0.717, 1.165) is 83.5 Å². The van der Waals surface area contributed by atoms with Gasteiger partial charge in [0.1, 0.15) is 6.10 Å². The van der Waals surface area contributed by atoms with Crippen LogP contribution in [-0.2, 0) is 14.3 Å². The van der Waals surface area contributed by atoms with Crippen LogP contribution in [-0.4, -0.2) is 46.9 Å². The molecule has 6 nitrogen and oxygen atoms in total. The number of aliphatic hydroxyl groups is 2. The molecular formula is C55H101NO5. The van der Waals surface area contributed by atoms with Crippen molar-refractivity contribution in [2.24, 2.45) is 0 Å². The van der Waals surface area contributed by atoms with Crippen LogP contribution in [0.4, 0.5) is 0 Å². The minimum atomic E-state index is -0.799. The molecule has 0 spiro atoms. The highest BCUT2D eigenvalue weighted by Crippen LogP contribution is 2.18. The first-order valence-corrected chi connectivity index (χ1v) is 26.4. The Morgan fingerprint density at radius 1 is 0.492 bits per heavy atom. The van der Waals surface area contributed by atoms with E-state index in [1.54, 1.807) is 0 Å². The molecule has 0 saturated carbocycles. The second-order valence-electron chi connectivity index (χ2n) is 18.0. The first-order chi connectivity index (χ1) is 30.0. The second-order valence-corrected chi connectivity index (χ2v) is 18.0. The van der Waals surface area contributed by atoms with Crippen molar-refractivity contribution in [2.45, 2.75) is 283 Å². The summed E-state index contributed by atoms with van der Waals surface area (Å²) < 4.78 is 5.90. The van der Waals surface area contributed by atoms with Crippen molar-refractivity contribution in [2.75, 3.05) is 6.61 Å². The molecule has 0 fully saturated rings. The van der Waals surface area contributed by atoms with Gasteiger partial charge in [0.15, 0.2) is 0 Å². The molecule has 356 valence electrons. The number of rotatable bonds is 47. The number of carbonyl (C=O) groups is 2. The molecule has 0 aliphatic rings. The van der Waals surface area contributed by atoms with Crippen molar-refractivity contribution >= 4 is 11.9 Å². The number of amides is 1. The molecule has 0 aromatic rings. The second kappa shape index (κ2) is 48.8. The minimum absolute atomic E-state index is 0.0492. The highest BCUT2D eigenvalue weighted by molar-refractivity contribution is 5.77. The lowest BCUT2D eigenvalue weighted by molar-refractivity contribution is -0.151. The predicted octanol–water partition coefficient (Wildman–Crippen LogP) is 15.8. The molecule has 0 bridgehead atoms. The smallest absolute Gasteiger partial charge is 0.306 e. The van der Waals surface area contributed by atoms with Crippen LogP contribution in [0.2, 0.25) is 0 Å². The highest BCUT2D eigenvalue weighted by Gasteiger charge is 2.24. The van der Waals surface area contributed by atoms with Crippen molar-refractivity contribution < 1.29 is 24.5 Å². The maximum absolute atomic E-state index is 13.2. The first-order valence-electron chi connectivity index (χ1n) is 26.4. The van der Waals surface area contributed by atoms with Gasteiger partial charge in [0.2, 0.25) is 5.91 Å². The average Bonchev–Trinajstić information content (AvgIpc) is 3.25. The SMILES string of the molecule is CC/C=C/C=C/C=C\CCCCCC(CC(=O)NC(CO)C(O)CCCCCCCCCCCCCCCCCCC)OC(=O)CCCCC/C=C\CCCCCCCCC. The van der Waals surface area contributed by atoms with Crippen LogP contribution in [0.3, 0.4) is 0 Å². The van der Waals surface area contributed by atoms with Gasteiger partial charge in [-0.2, -0.15) is 0 Å². The number of nitrogens with one attached hydrogen (secondary N) is 1. The van der Waals surface area contributed by atoms with Gasteiger partial charge in [-0.25, -0.2) is 0 Å².